The van der Waals surface area contributed by atoms with Crippen LogP contribution in [0, 0.1) is 0 Å². The average molecular weight is 399 g/mol. The Hall–Kier alpha value is -2.73. The van der Waals surface area contributed by atoms with E-state index in [4.69, 9.17) is 14.2 Å². The number of carbonyl (C=O) groups excluding carboxylic acids is 1. The minimum Gasteiger partial charge on any atom is -0.493 e. The van der Waals surface area contributed by atoms with Gasteiger partial charge in [0.15, 0.2) is 11.5 Å². The zero-order valence-corrected chi connectivity index (χ0v) is 17.4. The van der Waals surface area contributed by atoms with Gasteiger partial charge in [0.2, 0.25) is 5.75 Å². The number of amides is 1. The van der Waals surface area contributed by atoms with E-state index in [0.29, 0.717) is 29.4 Å². The number of rotatable bonds is 8. The van der Waals surface area contributed by atoms with Crippen molar-refractivity contribution in [3.63, 3.8) is 0 Å². The number of hydrogen-bond donors (Lipinski definition) is 1. The highest BCUT2D eigenvalue weighted by molar-refractivity contribution is 5.95. The topological polar surface area (TPSA) is 60.0 Å². The van der Waals surface area contributed by atoms with Crippen molar-refractivity contribution < 1.29 is 19.0 Å². The van der Waals surface area contributed by atoms with Gasteiger partial charge in [-0.3, -0.25) is 9.69 Å². The number of methoxy groups -OCH3 is 3. The smallest absolute Gasteiger partial charge is 0.251 e. The summed E-state index contributed by atoms with van der Waals surface area (Å²) in [6.45, 7) is 2.65. The molecule has 0 aromatic heterocycles. The third-order valence-corrected chi connectivity index (χ3v) is 5.40. The number of nitrogens with one attached hydrogen (secondary N) is 1. The molecule has 0 radical (unpaired) electrons. The molecule has 6 nitrogen and oxygen atoms in total. The van der Waals surface area contributed by atoms with Crippen LogP contribution in [0.4, 0.5) is 0 Å². The molecule has 1 N–H and O–H groups in total. The van der Waals surface area contributed by atoms with E-state index < -0.39 is 0 Å². The highest BCUT2D eigenvalue weighted by atomic mass is 16.5. The van der Waals surface area contributed by atoms with Crippen LogP contribution in [-0.4, -0.2) is 51.8 Å². The van der Waals surface area contributed by atoms with E-state index in [0.717, 1.165) is 13.1 Å². The van der Waals surface area contributed by atoms with Crippen LogP contribution in [0.15, 0.2) is 42.5 Å². The molecule has 2 aromatic carbocycles. The molecule has 0 saturated carbocycles. The summed E-state index contributed by atoms with van der Waals surface area (Å²) in [6, 6.07) is 13.9. The Labute approximate surface area is 172 Å². The third-order valence-electron chi connectivity index (χ3n) is 5.40. The highest BCUT2D eigenvalue weighted by Gasteiger charge is 2.24. The summed E-state index contributed by atoms with van der Waals surface area (Å²) in [4.78, 5) is 15.4. The van der Waals surface area contributed by atoms with Crippen molar-refractivity contribution in [2.45, 2.75) is 25.3 Å². The van der Waals surface area contributed by atoms with Gasteiger partial charge < -0.3 is 19.5 Å². The summed E-state index contributed by atoms with van der Waals surface area (Å²) in [5.74, 6) is 1.24. The van der Waals surface area contributed by atoms with Gasteiger partial charge in [-0.05, 0) is 43.6 Å². The van der Waals surface area contributed by atoms with Gasteiger partial charge in [0.1, 0.15) is 0 Å². The van der Waals surface area contributed by atoms with E-state index in [1.165, 1.54) is 24.8 Å². The molecular weight excluding hydrogens is 368 g/mol. The second kappa shape index (κ2) is 10.2. The maximum atomic E-state index is 12.9. The van der Waals surface area contributed by atoms with Crippen LogP contribution < -0.4 is 19.5 Å². The molecule has 1 fully saturated rings. The lowest BCUT2D eigenvalue weighted by Crippen LogP contribution is -2.40. The zero-order chi connectivity index (χ0) is 20.6. The van der Waals surface area contributed by atoms with Crippen LogP contribution in [0.2, 0.25) is 0 Å². The summed E-state index contributed by atoms with van der Waals surface area (Å²) in [5, 5.41) is 3.10. The number of ether oxygens (including phenoxy) is 3. The number of carbonyl (C=O) groups is 1. The van der Waals surface area contributed by atoms with E-state index >= 15 is 0 Å². The normalized spacial score (nSPS) is 15.4. The van der Waals surface area contributed by atoms with Crippen molar-refractivity contribution >= 4 is 5.91 Å². The number of benzene rings is 2. The van der Waals surface area contributed by atoms with Crippen LogP contribution in [0.5, 0.6) is 17.2 Å². The van der Waals surface area contributed by atoms with Crippen molar-refractivity contribution in [2.75, 3.05) is 41.0 Å². The van der Waals surface area contributed by atoms with Gasteiger partial charge in [-0.15, -0.1) is 0 Å². The fraction of sp³-hybridized carbons (Fsp3) is 0.435. The largest absolute Gasteiger partial charge is 0.493 e. The lowest BCUT2D eigenvalue weighted by Gasteiger charge is -2.35. The molecule has 6 heteroatoms. The Balaban J connectivity index is 1.78. The summed E-state index contributed by atoms with van der Waals surface area (Å²) in [6.07, 6.45) is 3.67. The number of nitrogens with zero attached hydrogens (tertiary/aromatic N) is 1. The number of likely N-dealkylation sites (tertiary alicyclic amines) is 1. The average Bonchev–Trinajstić information content (AvgIpc) is 2.79. The van der Waals surface area contributed by atoms with Crippen LogP contribution in [-0.2, 0) is 0 Å². The standard InChI is InChI=1S/C23H30N2O4/c1-27-20-14-18(15-21(28-2)22(20)29-3)23(26)24-16-19(17-10-6-4-7-11-17)25-12-8-5-9-13-25/h4,6-7,10-11,14-15,19H,5,8-9,12-13,16H2,1-3H3,(H,24,26). The lowest BCUT2D eigenvalue weighted by atomic mass is 10.0. The van der Waals surface area contributed by atoms with Crippen molar-refractivity contribution in [3.8, 4) is 17.2 Å². The number of hydrogen-bond acceptors (Lipinski definition) is 5. The summed E-state index contributed by atoms with van der Waals surface area (Å²) < 4.78 is 16.1. The first kappa shape index (κ1) is 21.0. The van der Waals surface area contributed by atoms with Crippen LogP contribution in [0.3, 0.4) is 0 Å². The zero-order valence-electron chi connectivity index (χ0n) is 17.4. The van der Waals surface area contributed by atoms with Gasteiger partial charge in [0.25, 0.3) is 5.91 Å². The Morgan fingerprint density at radius 3 is 2.14 bits per heavy atom. The van der Waals surface area contributed by atoms with Crippen molar-refractivity contribution in [1.82, 2.24) is 10.2 Å². The van der Waals surface area contributed by atoms with E-state index in [-0.39, 0.29) is 11.9 Å². The number of piperidine rings is 1. The summed E-state index contributed by atoms with van der Waals surface area (Å²) >= 11 is 0. The fourth-order valence-electron chi connectivity index (χ4n) is 3.87. The van der Waals surface area contributed by atoms with E-state index in [2.05, 4.69) is 22.3 Å². The molecule has 1 aliphatic rings. The van der Waals surface area contributed by atoms with Gasteiger partial charge in [-0.1, -0.05) is 36.8 Å². The molecule has 29 heavy (non-hydrogen) atoms. The summed E-state index contributed by atoms with van der Waals surface area (Å²) in [7, 11) is 4.63. The lowest BCUT2D eigenvalue weighted by molar-refractivity contribution is 0.0923. The van der Waals surface area contributed by atoms with Crippen LogP contribution in [0.1, 0.15) is 41.2 Å². The second-order valence-corrected chi connectivity index (χ2v) is 7.15. The molecule has 1 unspecified atom stereocenters. The molecule has 156 valence electrons. The minimum atomic E-state index is -0.165. The Bertz CT molecular complexity index is 779. The second-order valence-electron chi connectivity index (χ2n) is 7.15. The quantitative estimate of drug-likeness (QED) is 0.735. The van der Waals surface area contributed by atoms with Gasteiger partial charge >= 0.3 is 0 Å². The third kappa shape index (κ3) is 5.01. The first-order chi connectivity index (χ1) is 14.2. The van der Waals surface area contributed by atoms with E-state index in [1.54, 1.807) is 33.5 Å². The first-order valence-electron chi connectivity index (χ1n) is 10.0. The van der Waals surface area contributed by atoms with Crippen molar-refractivity contribution in [3.05, 3.63) is 53.6 Å². The maximum absolute atomic E-state index is 12.9. The SMILES string of the molecule is COc1cc(C(=O)NCC(c2ccccc2)N2CCCCC2)cc(OC)c1OC. The molecular formula is C23H30N2O4. The van der Waals surface area contributed by atoms with E-state index in [1.807, 2.05) is 18.2 Å². The Kier molecular flexibility index (Phi) is 7.36. The van der Waals surface area contributed by atoms with Crippen LogP contribution in [0.25, 0.3) is 0 Å². The molecule has 0 bridgehead atoms. The van der Waals surface area contributed by atoms with Crippen molar-refractivity contribution in [1.29, 1.82) is 0 Å². The minimum absolute atomic E-state index is 0.155. The molecule has 3 rings (SSSR count). The molecule has 1 heterocycles. The molecule has 0 aliphatic carbocycles. The predicted octanol–water partition coefficient (Wildman–Crippen LogP) is 3.67. The molecule has 1 aliphatic heterocycles. The Morgan fingerprint density at radius 2 is 1.59 bits per heavy atom. The van der Waals surface area contributed by atoms with Gasteiger partial charge in [-0.25, -0.2) is 0 Å². The van der Waals surface area contributed by atoms with Crippen molar-refractivity contribution in [2.24, 2.45) is 0 Å². The van der Waals surface area contributed by atoms with Crippen LogP contribution >= 0.6 is 0 Å². The summed E-state index contributed by atoms with van der Waals surface area (Å²) in [5.41, 5.74) is 1.70. The molecule has 2 aromatic rings. The first-order valence-corrected chi connectivity index (χ1v) is 10.0. The molecule has 1 atom stereocenters. The van der Waals surface area contributed by atoms with E-state index in [9.17, 15) is 4.79 Å². The van der Waals surface area contributed by atoms with Gasteiger partial charge in [0.05, 0.1) is 27.4 Å². The highest BCUT2D eigenvalue weighted by Crippen LogP contribution is 2.38. The molecule has 0 spiro atoms. The fourth-order valence-corrected chi connectivity index (χ4v) is 3.87. The Morgan fingerprint density at radius 1 is 0.966 bits per heavy atom. The molecule has 1 amide bonds. The van der Waals surface area contributed by atoms with Gasteiger partial charge in [-0.2, -0.15) is 0 Å². The monoisotopic (exact) mass is 398 g/mol. The van der Waals surface area contributed by atoms with Gasteiger partial charge in [0, 0.05) is 12.1 Å². The maximum Gasteiger partial charge on any atom is 0.251 e. The predicted molar refractivity (Wildman–Crippen MR) is 113 cm³/mol. The molecule has 1 saturated heterocycles.